The van der Waals surface area contributed by atoms with Crippen LogP contribution in [0.3, 0.4) is 0 Å². The predicted molar refractivity (Wildman–Crippen MR) is 84.2 cm³/mol. The Morgan fingerprint density at radius 1 is 1.29 bits per heavy atom. The second-order valence-electron chi connectivity index (χ2n) is 5.35. The van der Waals surface area contributed by atoms with Gasteiger partial charge in [-0.05, 0) is 49.6 Å². The largest absolute Gasteiger partial charge is 0.507 e. The van der Waals surface area contributed by atoms with E-state index in [1.54, 1.807) is 17.0 Å². The molecule has 0 aromatic heterocycles. The normalized spacial score (nSPS) is 17.4. The number of hydrogen-bond acceptors (Lipinski definition) is 2. The molecule has 2 aromatic rings. The minimum absolute atomic E-state index is 0.0808. The number of benzene rings is 2. The third-order valence-corrected chi connectivity index (χ3v) is 4.17. The first-order chi connectivity index (χ1) is 10.1. The van der Waals surface area contributed by atoms with Gasteiger partial charge in [0.25, 0.3) is 5.91 Å². The van der Waals surface area contributed by atoms with Crippen molar-refractivity contribution in [3.63, 3.8) is 0 Å². The molecule has 0 radical (unpaired) electrons. The van der Waals surface area contributed by atoms with E-state index in [2.05, 4.69) is 0 Å². The Balaban J connectivity index is 2.05. The molecule has 0 bridgehead atoms. The van der Waals surface area contributed by atoms with Crippen molar-refractivity contribution >= 4 is 23.2 Å². The van der Waals surface area contributed by atoms with E-state index in [1.807, 2.05) is 31.2 Å². The lowest BCUT2D eigenvalue weighted by molar-refractivity contribution is 0.0972. The first-order valence-electron chi connectivity index (χ1n) is 6.98. The van der Waals surface area contributed by atoms with Gasteiger partial charge < -0.3 is 10.0 Å². The average molecular weight is 302 g/mol. The molecule has 108 valence electrons. The molecule has 1 aliphatic rings. The fourth-order valence-corrected chi connectivity index (χ4v) is 2.98. The molecule has 0 aliphatic carbocycles. The first kappa shape index (κ1) is 14.0. The molecule has 2 aromatic carbocycles. The summed E-state index contributed by atoms with van der Waals surface area (Å²) in [6.45, 7) is 2.03. The van der Waals surface area contributed by atoms with Gasteiger partial charge in [-0.15, -0.1) is 0 Å². The molecule has 1 amide bonds. The van der Waals surface area contributed by atoms with E-state index in [-0.39, 0.29) is 23.3 Å². The van der Waals surface area contributed by atoms with Crippen LogP contribution in [0, 0.1) is 0 Å². The minimum Gasteiger partial charge on any atom is -0.507 e. The highest BCUT2D eigenvalue weighted by atomic mass is 35.5. The number of anilines is 1. The Morgan fingerprint density at radius 2 is 2.05 bits per heavy atom. The van der Waals surface area contributed by atoms with Gasteiger partial charge in [0, 0.05) is 16.8 Å². The lowest BCUT2D eigenvalue weighted by atomic mass is 9.95. The molecule has 4 heteroatoms. The van der Waals surface area contributed by atoms with E-state index in [0.29, 0.717) is 5.02 Å². The monoisotopic (exact) mass is 301 g/mol. The summed E-state index contributed by atoms with van der Waals surface area (Å²) in [5.74, 6) is -0.272. The van der Waals surface area contributed by atoms with Gasteiger partial charge >= 0.3 is 0 Å². The fraction of sp³-hybridized carbons (Fsp3) is 0.235. The van der Waals surface area contributed by atoms with Crippen molar-refractivity contribution in [2.75, 3.05) is 4.90 Å². The number of fused-ring (bicyclic) bond motifs is 1. The van der Waals surface area contributed by atoms with Crippen molar-refractivity contribution in [2.45, 2.75) is 25.8 Å². The number of aryl methyl sites for hydroxylation is 1. The number of carbonyl (C=O) groups is 1. The summed E-state index contributed by atoms with van der Waals surface area (Å²) < 4.78 is 0. The van der Waals surface area contributed by atoms with Crippen molar-refractivity contribution in [1.82, 2.24) is 0 Å². The van der Waals surface area contributed by atoms with Gasteiger partial charge in [-0.1, -0.05) is 29.8 Å². The zero-order valence-electron chi connectivity index (χ0n) is 11.7. The third-order valence-electron chi connectivity index (χ3n) is 3.93. The summed E-state index contributed by atoms with van der Waals surface area (Å²) in [7, 11) is 0. The second kappa shape index (κ2) is 5.41. The highest BCUT2D eigenvalue weighted by Crippen LogP contribution is 2.33. The highest BCUT2D eigenvalue weighted by molar-refractivity contribution is 6.31. The van der Waals surface area contributed by atoms with Gasteiger partial charge in [-0.2, -0.15) is 0 Å². The number of halogens is 1. The standard InChI is InChI=1S/C17H16ClNO2/c1-11-6-7-12-4-2-3-5-15(12)19(11)17(21)14-9-8-13(18)10-16(14)20/h2-5,8-11,20H,6-7H2,1H3. The van der Waals surface area contributed by atoms with E-state index >= 15 is 0 Å². The number of rotatable bonds is 1. The van der Waals surface area contributed by atoms with Crippen LogP contribution in [0.15, 0.2) is 42.5 Å². The summed E-state index contributed by atoms with van der Waals surface area (Å²) in [5.41, 5.74) is 2.37. The van der Waals surface area contributed by atoms with E-state index in [4.69, 9.17) is 11.6 Å². The Labute approximate surface area is 128 Å². The third kappa shape index (κ3) is 2.49. The van der Waals surface area contributed by atoms with Gasteiger partial charge in [-0.3, -0.25) is 4.79 Å². The predicted octanol–water partition coefficient (Wildman–Crippen LogP) is 4.03. The number of hydrogen-bond donors (Lipinski definition) is 1. The van der Waals surface area contributed by atoms with Crippen LogP contribution in [0.25, 0.3) is 0 Å². The van der Waals surface area contributed by atoms with Crippen LogP contribution in [0.2, 0.25) is 5.02 Å². The maximum Gasteiger partial charge on any atom is 0.262 e. The number of nitrogens with zero attached hydrogens (tertiary/aromatic N) is 1. The minimum atomic E-state index is -0.191. The molecule has 1 heterocycles. The summed E-state index contributed by atoms with van der Waals surface area (Å²) >= 11 is 5.83. The van der Waals surface area contributed by atoms with Crippen LogP contribution in [0.4, 0.5) is 5.69 Å². The SMILES string of the molecule is CC1CCc2ccccc2N1C(=O)c1ccc(Cl)cc1O. The summed E-state index contributed by atoms with van der Waals surface area (Å²) in [5, 5.41) is 10.4. The second-order valence-corrected chi connectivity index (χ2v) is 5.79. The Hall–Kier alpha value is -2.00. The van der Waals surface area contributed by atoms with Gasteiger partial charge in [0.05, 0.1) is 5.56 Å². The molecule has 3 rings (SSSR count). The Morgan fingerprint density at radius 3 is 2.81 bits per heavy atom. The summed E-state index contributed by atoms with van der Waals surface area (Å²) in [6, 6.07) is 12.6. The molecule has 0 saturated heterocycles. The highest BCUT2D eigenvalue weighted by Gasteiger charge is 2.29. The smallest absolute Gasteiger partial charge is 0.262 e. The van der Waals surface area contributed by atoms with Crippen molar-refractivity contribution in [3.05, 3.63) is 58.6 Å². The topological polar surface area (TPSA) is 40.5 Å². The van der Waals surface area contributed by atoms with Crippen LogP contribution >= 0.6 is 11.6 Å². The van der Waals surface area contributed by atoms with Crippen molar-refractivity contribution in [3.8, 4) is 5.75 Å². The molecule has 1 atom stereocenters. The van der Waals surface area contributed by atoms with Gasteiger partial charge in [0.1, 0.15) is 5.75 Å². The van der Waals surface area contributed by atoms with Crippen LogP contribution in [0.1, 0.15) is 29.3 Å². The number of aromatic hydroxyl groups is 1. The number of phenols is 1. The Kier molecular flexibility index (Phi) is 3.60. The fourth-order valence-electron chi connectivity index (χ4n) is 2.81. The number of para-hydroxylation sites is 1. The van der Waals surface area contributed by atoms with E-state index in [9.17, 15) is 9.90 Å². The zero-order valence-corrected chi connectivity index (χ0v) is 12.5. The Bertz CT molecular complexity index is 699. The lowest BCUT2D eigenvalue weighted by Crippen LogP contribution is -2.42. The molecule has 1 unspecified atom stereocenters. The summed E-state index contributed by atoms with van der Waals surface area (Å²) in [6.07, 6.45) is 1.88. The van der Waals surface area contributed by atoms with Gasteiger partial charge in [0.15, 0.2) is 0 Å². The quantitative estimate of drug-likeness (QED) is 0.864. The van der Waals surface area contributed by atoms with Gasteiger partial charge in [-0.25, -0.2) is 0 Å². The average Bonchev–Trinajstić information content (AvgIpc) is 2.46. The number of amides is 1. The van der Waals surface area contributed by atoms with Crippen LogP contribution in [-0.4, -0.2) is 17.1 Å². The van der Waals surface area contributed by atoms with Gasteiger partial charge in [0.2, 0.25) is 0 Å². The molecule has 1 N–H and O–H groups in total. The van der Waals surface area contributed by atoms with Crippen LogP contribution in [-0.2, 0) is 6.42 Å². The molecule has 3 nitrogen and oxygen atoms in total. The zero-order chi connectivity index (χ0) is 15.0. The van der Waals surface area contributed by atoms with Crippen molar-refractivity contribution in [2.24, 2.45) is 0 Å². The molecule has 21 heavy (non-hydrogen) atoms. The lowest BCUT2D eigenvalue weighted by Gasteiger charge is -2.35. The van der Waals surface area contributed by atoms with E-state index < -0.39 is 0 Å². The van der Waals surface area contributed by atoms with Crippen molar-refractivity contribution < 1.29 is 9.90 Å². The van der Waals surface area contributed by atoms with Crippen LogP contribution in [0.5, 0.6) is 5.75 Å². The number of phenolic OH excluding ortho intramolecular Hbond substituents is 1. The molecule has 0 fully saturated rings. The van der Waals surface area contributed by atoms with E-state index in [1.165, 1.54) is 6.07 Å². The van der Waals surface area contributed by atoms with Crippen LogP contribution < -0.4 is 4.90 Å². The molecule has 0 spiro atoms. The molecule has 1 aliphatic heterocycles. The molecular weight excluding hydrogens is 286 g/mol. The molecular formula is C17H16ClNO2. The maximum absolute atomic E-state index is 12.8. The summed E-state index contributed by atoms with van der Waals surface area (Å²) in [4.78, 5) is 14.6. The van der Waals surface area contributed by atoms with Crippen molar-refractivity contribution in [1.29, 1.82) is 0 Å². The number of carbonyl (C=O) groups excluding carboxylic acids is 1. The van der Waals surface area contributed by atoms with E-state index in [0.717, 1.165) is 24.1 Å². The maximum atomic E-state index is 12.8. The first-order valence-corrected chi connectivity index (χ1v) is 7.35. The molecule has 0 saturated carbocycles.